The first-order valence-electron chi connectivity index (χ1n) is 10.0. The number of nitrogens with zero attached hydrogens (tertiary/aromatic N) is 3. The van der Waals surface area contributed by atoms with Crippen LogP contribution in [0.5, 0.6) is 5.75 Å². The van der Waals surface area contributed by atoms with Gasteiger partial charge < -0.3 is 19.1 Å². The Morgan fingerprint density at radius 2 is 1.83 bits per heavy atom. The molecule has 1 aromatic heterocycles. The van der Waals surface area contributed by atoms with Gasteiger partial charge >= 0.3 is 0 Å². The molecule has 152 valence electrons. The summed E-state index contributed by atoms with van der Waals surface area (Å²) in [6, 6.07) is 12.7. The topological polar surface area (TPSA) is 37.7 Å². The highest BCUT2D eigenvalue weighted by Crippen LogP contribution is 2.31. The van der Waals surface area contributed by atoms with Crippen LogP contribution in [-0.4, -0.2) is 48.7 Å². The molecule has 0 aliphatic carbocycles. The smallest absolute Gasteiger partial charge is 0.256 e. The maximum atomic E-state index is 14.1. The first-order chi connectivity index (χ1) is 14.0. The summed E-state index contributed by atoms with van der Waals surface area (Å²) in [5, 5.41) is 0.922. The zero-order valence-corrected chi connectivity index (χ0v) is 17.1. The number of hydrogen-bond donors (Lipinski definition) is 0. The minimum atomic E-state index is -0.221. The Morgan fingerprint density at radius 1 is 1.10 bits per heavy atom. The number of piperazine rings is 1. The minimum Gasteiger partial charge on any atom is -0.497 e. The molecule has 0 bridgehead atoms. The monoisotopic (exact) mass is 395 g/mol. The van der Waals surface area contributed by atoms with Crippen LogP contribution in [0.1, 0.15) is 23.0 Å². The first-order valence-corrected chi connectivity index (χ1v) is 10.0. The van der Waals surface area contributed by atoms with Gasteiger partial charge in [-0.1, -0.05) is 12.1 Å². The molecular weight excluding hydrogens is 369 g/mol. The van der Waals surface area contributed by atoms with Gasteiger partial charge in [0.1, 0.15) is 11.6 Å². The molecule has 0 spiro atoms. The van der Waals surface area contributed by atoms with Crippen molar-refractivity contribution in [3.8, 4) is 5.75 Å². The van der Waals surface area contributed by atoms with Crippen molar-refractivity contribution in [1.82, 2.24) is 9.47 Å². The number of carbonyl (C=O) groups is 1. The zero-order valence-electron chi connectivity index (χ0n) is 17.1. The SMILES string of the molecule is CCn1c(C)c(C(=O)N2CCN(c3ccccc3F)CC2)c2cc(OC)ccc21. The van der Waals surface area contributed by atoms with Crippen molar-refractivity contribution < 1.29 is 13.9 Å². The fourth-order valence-electron chi connectivity index (χ4n) is 4.28. The molecule has 1 aliphatic rings. The van der Waals surface area contributed by atoms with Crippen molar-refractivity contribution in [3.63, 3.8) is 0 Å². The van der Waals surface area contributed by atoms with Gasteiger partial charge in [0.2, 0.25) is 0 Å². The van der Waals surface area contributed by atoms with E-state index in [4.69, 9.17) is 4.74 Å². The summed E-state index contributed by atoms with van der Waals surface area (Å²) in [7, 11) is 1.63. The summed E-state index contributed by atoms with van der Waals surface area (Å²) in [6.45, 7) is 7.23. The number of ether oxygens (including phenoxy) is 1. The van der Waals surface area contributed by atoms with Gasteiger partial charge in [-0.05, 0) is 44.2 Å². The lowest BCUT2D eigenvalue weighted by molar-refractivity contribution is 0.0747. The number of aryl methyl sites for hydroxylation is 1. The van der Waals surface area contributed by atoms with Crippen LogP contribution in [0, 0.1) is 12.7 Å². The Hall–Kier alpha value is -3.02. The van der Waals surface area contributed by atoms with Crippen molar-refractivity contribution >= 4 is 22.5 Å². The third-order valence-electron chi connectivity index (χ3n) is 5.82. The summed E-state index contributed by atoms with van der Waals surface area (Å²) < 4.78 is 21.6. The number of carbonyl (C=O) groups excluding carboxylic acids is 1. The Morgan fingerprint density at radius 3 is 2.48 bits per heavy atom. The molecule has 29 heavy (non-hydrogen) atoms. The van der Waals surface area contributed by atoms with Crippen LogP contribution in [0.15, 0.2) is 42.5 Å². The normalized spacial score (nSPS) is 14.5. The van der Waals surface area contributed by atoms with E-state index in [1.807, 2.05) is 41.0 Å². The number of anilines is 1. The summed E-state index contributed by atoms with van der Waals surface area (Å²) in [5.74, 6) is 0.548. The van der Waals surface area contributed by atoms with Crippen LogP contribution in [0.3, 0.4) is 0 Å². The van der Waals surface area contributed by atoms with E-state index in [0.717, 1.165) is 34.5 Å². The average molecular weight is 395 g/mol. The van der Waals surface area contributed by atoms with E-state index in [9.17, 15) is 9.18 Å². The van der Waals surface area contributed by atoms with Crippen molar-refractivity contribution in [2.45, 2.75) is 20.4 Å². The third kappa shape index (κ3) is 3.33. The summed E-state index contributed by atoms with van der Waals surface area (Å²) in [4.78, 5) is 17.3. The van der Waals surface area contributed by atoms with E-state index >= 15 is 0 Å². The van der Waals surface area contributed by atoms with Gasteiger partial charge in [-0.25, -0.2) is 4.39 Å². The maximum Gasteiger partial charge on any atom is 0.256 e. The van der Waals surface area contributed by atoms with Crippen molar-refractivity contribution in [2.75, 3.05) is 38.2 Å². The van der Waals surface area contributed by atoms with E-state index in [-0.39, 0.29) is 11.7 Å². The van der Waals surface area contributed by atoms with Crippen molar-refractivity contribution in [1.29, 1.82) is 0 Å². The maximum absolute atomic E-state index is 14.1. The molecule has 0 unspecified atom stereocenters. The second-order valence-electron chi connectivity index (χ2n) is 7.32. The highest BCUT2D eigenvalue weighted by molar-refractivity contribution is 6.08. The highest BCUT2D eigenvalue weighted by Gasteiger charge is 2.28. The number of para-hydroxylation sites is 1. The molecule has 0 saturated carbocycles. The molecule has 0 N–H and O–H groups in total. The van der Waals surface area contributed by atoms with Crippen molar-refractivity contribution in [2.24, 2.45) is 0 Å². The van der Waals surface area contributed by atoms with Crippen LogP contribution in [-0.2, 0) is 6.54 Å². The molecule has 1 fully saturated rings. The quantitative estimate of drug-likeness (QED) is 0.668. The number of methoxy groups -OCH3 is 1. The fourth-order valence-corrected chi connectivity index (χ4v) is 4.28. The number of aromatic nitrogens is 1. The lowest BCUT2D eigenvalue weighted by Crippen LogP contribution is -2.49. The highest BCUT2D eigenvalue weighted by atomic mass is 19.1. The van der Waals surface area contributed by atoms with Gasteiger partial charge in [-0.3, -0.25) is 4.79 Å². The second kappa shape index (κ2) is 7.78. The number of hydrogen-bond acceptors (Lipinski definition) is 3. The molecule has 1 amide bonds. The number of amides is 1. The van der Waals surface area contributed by atoms with Gasteiger partial charge in [-0.2, -0.15) is 0 Å². The van der Waals surface area contributed by atoms with Gasteiger partial charge in [0.05, 0.1) is 18.4 Å². The van der Waals surface area contributed by atoms with Crippen LogP contribution in [0.25, 0.3) is 10.9 Å². The van der Waals surface area contributed by atoms with E-state index in [0.29, 0.717) is 31.9 Å². The fraction of sp³-hybridized carbons (Fsp3) is 0.348. The Bertz CT molecular complexity index is 1050. The van der Waals surface area contributed by atoms with E-state index < -0.39 is 0 Å². The largest absolute Gasteiger partial charge is 0.497 e. The Balaban J connectivity index is 1.61. The predicted octanol–water partition coefficient (Wildman–Crippen LogP) is 4.08. The van der Waals surface area contributed by atoms with E-state index in [1.54, 1.807) is 19.2 Å². The van der Waals surface area contributed by atoms with Crippen LogP contribution in [0.2, 0.25) is 0 Å². The average Bonchev–Trinajstić information content (AvgIpc) is 3.03. The van der Waals surface area contributed by atoms with Gasteiger partial charge in [-0.15, -0.1) is 0 Å². The number of rotatable bonds is 4. The number of fused-ring (bicyclic) bond motifs is 1. The van der Waals surface area contributed by atoms with Crippen LogP contribution >= 0.6 is 0 Å². The zero-order chi connectivity index (χ0) is 20.5. The molecule has 2 heterocycles. The lowest BCUT2D eigenvalue weighted by Gasteiger charge is -2.36. The van der Waals surface area contributed by atoms with Gasteiger partial charge in [0, 0.05) is 49.3 Å². The lowest BCUT2D eigenvalue weighted by atomic mass is 10.1. The Kier molecular flexibility index (Phi) is 5.18. The number of benzene rings is 2. The van der Waals surface area contributed by atoms with E-state index in [2.05, 4.69) is 11.5 Å². The standard InChI is InChI=1S/C23H26FN3O2/c1-4-27-16(2)22(18-15-17(29-3)9-10-20(18)27)23(28)26-13-11-25(12-14-26)21-8-6-5-7-19(21)24/h5-10,15H,4,11-14H2,1-3H3. The summed E-state index contributed by atoms with van der Waals surface area (Å²) in [6.07, 6.45) is 0. The van der Waals surface area contributed by atoms with E-state index in [1.165, 1.54) is 6.07 Å². The molecule has 4 rings (SSSR count). The molecular formula is C23H26FN3O2. The second-order valence-corrected chi connectivity index (χ2v) is 7.32. The molecule has 0 atom stereocenters. The first kappa shape index (κ1) is 19.3. The van der Waals surface area contributed by atoms with Crippen LogP contribution in [0.4, 0.5) is 10.1 Å². The van der Waals surface area contributed by atoms with Gasteiger partial charge in [0.25, 0.3) is 5.91 Å². The predicted molar refractivity (Wildman–Crippen MR) is 113 cm³/mol. The Labute approximate surface area is 170 Å². The summed E-state index contributed by atoms with van der Waals surface area (Å²) in [5.41, 5.74) is 3.35. The molecule has 6 heteroatoms. The third-order valence-corrected chi connectivity index (χ3v) is 5.82. The molecule has 1 aliphatic heterocycles. The molecule has 5 nitrogen and oxygen atoms in total. The molecule has 0 radical (unpaired) electrons. The minimum absolute atomic E-state index is 0.0288. The van der Waals surface area contributed by atoms with Crippen molar-refractivity contribution in [3.05, 3.63) is 59.5 Å². The molecule has 3 aromatic rings. The number of halogens is 1. The van der Waals surface area contributed by atoms with Crippen LogP contribution < -0.4 is 9.64 Å². The molecule has 2 aromatic carbocycles. The molecule has 1 saturated heterocycles. The van der Waals surface area contributed by atoms with Gasteiger partial charge in [0.15, 0.2) is 0 Å². The summed E-state index contributed by atoms with van der Waals surface area (Å²) >= 11 is 0.